The zero-order chi connectivity index (χ0) is 19.4. The molecule has 1 amide bonds. The second-order valence-electron chi connectivity index (χ2n) is 6.02. The van der Waals surface area contributed by atoms with E-state index in [4.69, 9.17) is 4.42 Å². The number of halogens is 3. The Morgan fingerprint density at radius 3 is 2.26 bits per heavy atom. The van der Waals surface area contributed by atoms with Crippen LogP contribution in [0.15, 0.2) is 65.1 Å². The number of alkyl halides is 3. The minimum Gasteiger partial charge on any atom is -0.441 e. The van der Waals surface area contributed by atoms with E-state index in [-0.39, 0.29) is 12.0 Å². The van der Waals surface area contributed by atoms with Crippen molar-refractivity contribution in [2.75, 3.05) is 0 Å². The molecular formula is C20H17F3N2O2. The number of nitrogens with one attached hydrogen (secondary N) is 1. The van der Waals surface area contributed by atoms with Gasteiger partial charge in [-0.15, -0.1) is 0 Å². The number of hydrogen-bond donors (Lipinski definition) is 1. The van der Waals surface area contributed by atoms with Crippen molar-refractivity contribution in [1.29, 1.82) is 0 Å². The first-order chi connectivity index (χ1) is 12.8. The summed E-state index contributed by atoms with van der Waals surface area (Å²) in [5, 5.41) is 2.05. The molecule has 3 aromatic rings. The first-order valence-electron chi connectivity index (χ1n) is 8.27. The minimum absolute atomic E-state index is 0.0276. The number of carbonyl (C=O) groups excluding carboxylic acids is 1. The van der Waals surface area contributed by atoms with Crippen molar-refractivity contribution in [3.8, 4) is 11.5 Å². The van der Waals surface area contributed by atoms with Crippen molar-refractivity contribution in [1.82, 2.24) is 10.3 Å². The highest BCUT2D eigenvalue weighted by atomic mass is 19.4. The van der Waals surface area contributed by atoms with Crippen LogP contribution in [0.4, 0.5) is 13.2 Å². The van der Waals surface area contributed by atoms with Crippen LogP contribution < -0.4 is 5.32 Å². The van der Waals surface area contributed by atoms with Crippen LogP contribution in [0.2, 0.25) is 0 Å². The van der Waals surface area contributed by atoms with Crippen molar-refractivity contribution in [3.05, 3.63) is 77.7 Å². The summed E-state index contributed by atoms with van der Waals surface area (Å²) in [6.45, 7) is 1.63. The van der Waals surface area contributed by atoms with E-state index in [1.807, 2.05) is 18.2 Å². The molecule has 0 saturated heterocycles. The van der Waals surface area contributed by atoms with E-state index < -0.39 is 18.1 Å². The number of aryl methyl sites for hydroxylation is 1. The molecule has 7 heteroatoms. The highest BCUT2D eigenvalue weighted by Gasteiger charge is 2.41. The van der Waals surface area contributed by atoms with Crippen molar-refractivity contribution >= 4 is 5.91 Å². The Bertz CT molecular complexity index is 906. The second kappa shape index (κ2) is 7.65. The highest BCUT2D eigenvalue weighted by molar-refractivity contribution is 5.79. The quantitative estimate of drug-likeness (QED) is 0.709. The predicted molar refractivity (Wildman–Crippen MR) is 93.8 cm³/mol. The Hall–Kier alpha value is -3.09. The van der Waals surface area contributed by atoms with E-state index in [1.165, 1.54) is 24.3 Å². The summed E-state index contributed by atoms with van der Waals surface area (Å²) in [6, 6.07) is 14.2. The zero-order valence-electron chi connectivity index (χ0n) is 14.5. The second-order valence-corrected chi connectivity index (χ2v) is 6.02. The lowest BCUT2D eigenvalue weighted by atomic mass is 10.1. The third-order valence-electron chi connectivity index (χ3n) is 4.01. The standard InChI is InChI=1S/C20H17F3N2O2/c1-13-16(24-19(27-13)15-10-6-3-7-11-15)12-17(26)25-18(20(21,22)23)14-8-4-2-5-9-14/h2-11,18H,12H2,1H3,(H,25,26). The van der Waals surface area contributed by atoms with Crippen molar-refractivity contribution in [3.63, 3.8) is 0 Å². The van der Waals surface area contributed by atoms with Gasteiger partial charge in [-0.1, -0.05) is 48.5 Å². The van der Waals surface area contributed by atoms with Crippen LogP contribution in [-0.4, -0.2) is 17.1 Å². The minimum atomic E-state index is -4.61. The first-order valence-corrected chi connectivity index (χ1v) is 8.27. The molecule has 0 radical (unpaired) electrons. The van der Waals surface area contributed by atoms with Gasteiger partial charge in [0.1, 0.15) is 5.76 Å². The Balaban J connectivity index is 1.76. The number of amides is 1. The van der Waals surface area contributed by atoms with Crippen molar-refractivity contribution in [2.45, 2.75) is 25.6 Å². The predicted octanol–water partition coefficient (Wildman–Crippen LogP) is 4.61. The third kappa shape index (κ3) is 4.55. The molecule has 3 rings (SSSR count). The number of carbonyl (C=O) groups is 1. The molecule has 1 heterocycles. The van der Waals surface area contributed by atoms with E-state index in [0.717, 1.165) is 5.56 Å². The van der Waals surface area contributed by atoms with Crippen LogP contribution in [0.3, 0.4) is 0 Å². The fourth-order valence-corrected chi connectivity index (χ4v) is 2.66. The number of hydrogen-bond acceptors (Lipinski definition) is 3. The molecule has 1 N–H and O–H groups in total. The number of benzene rings is 2. The van der Waals surface area contributed by atoms with Crippen LogP contribution in [0.1, 0.15) is 23.1 Å². The van der Waals surface area contributed by atoms with Gasteiger partial charge in [0.05, 0.1) is 12.1 Å². The lowest BCUT2D eigenvalue weighted by molar-refractivity contribution is -0.163. The van der Waals surface area contributed by atoms with Gasteiger partial charge >= 0.3 is 6.18 Å². The number of oxazole rings is 1. The maximum atomic E-state index is 13.4. The summed E-state index contributed by atoms with van der Waals surface area (Å²) in [4.78, 5) is 16.5. The lowest BCUT2D eigenvalue weighted by Crippen LogP contribution is -2.39. The number of aromatic nitrogens is 1. The van der Waals surface area contributed by atoms with Gasteiger partial charge in [-0.3, -0.25) is 4.79 Å². The maximum Gasteiger partial charge on any atom is 0.412 e. The summed E-state index contributed by atoms with van der Waals surface area (Å²) in [6.07, 6.45) is -4.91. The third-order valence-corrected chi connectivity index (χ3v) is 4.01. The summed E-state index contributed by atoms with van der Waals surface area (Å²) < 4.78 is 45.6. The Labute approximate surface area is 154 Å². The summed E-state index contributed by atoms with van der Waals surface area (Å²) in [7, 11) is 0. The molecule has 0 aliphatic heterocycles. The van der Waals surface area contributed by atoms with Crippen LogP contribution in [0.5, 0.6) is 0 Å². The number of rotatable bonds is 5. The molecule has 1 unspecified atom stereocenters. The maximum absolute atomic E-state index is 13.4. The summed E-state index contributed by atoms with van der Waals surface area (Å²) in [5.41, 5.74) is 1.00. The van der Waals surface area contributed by atoms with Gasteiger partial charge in [-0.2, -0.15) is 13.2 Å². The fourth-order valence-electron chi connectivity index (χ4n) is 2.66. The van der Waals surface area contributed by atoms with E-state index in [9.17, 15) is 18.0 Å². The number of nitrogens with zero attached hydrogens (tertiary/aromatic N) is 1. The topological polar surface area (TPSA) is 55.1 Å². The smallest absolute Gasteiger partial charge is 0.412 e. The van der Waals surface area contributed by atoms with Crippen LogP contribution >= 0.6 is 0 Å². The van der Waals surface area contributed by atoms with Crippen LogP contribution in [0, 0.1) is 6.92 Å². The van der Waals surface area contributed by atoms with E-state index in [2.05, 4.69) is 10.3 Å². The Kier molecular flexibility index (Phi) is 5.30. The average molecular weight is 374 g/mol. The molecule has 4 nitrogen and oxygen atoms in total. The molecule has 140 valence electrons. The van der Waals surface area contributed by atoms with E-state index in [1.54, 1.807) is 25.1 Å². The molecule has 1 atom stereocenters. The van der Waals surface area contributed by atoms with Gasteiger partial charge in [-0.25, -0.2) is 4.98 Å². The van der Waals surface area contributed by atoms with Gasteiger partial charge in [0.2, 0.25) is 11.8 Å². The Morgan fingerprint density at radius 1 is 1.07 bits per heavy atom. The van der Waals surface area contributed by atoms with Gasteiger partial charge in [0, 0.05) is 5.56 Å². The molecule has 0 aliphatic carbocycles. The molecule has 27 heavy (non-hydrogen) atoms. The van der Waals surface area contributed by atoms with Gasteiger partial charge in [-0.05, 0) is 24.6 Å². The van der Waals surface area contributed by atoms with Gasteiger partial charge in [0.15, 0.2) is 6.04 Å². The molecule has 0 spiro atoms. The normalized spacial score (nSPS) is 12.6. The van der Waals surface area contributed by atoms with Gasteiger partial charge < -0.3 is 9.73 Å². The first kappa shape index (κ1) is 18.7. The monoisotopic (exact) mass is 374 g/mol. The fraction of sp³-hybridized carbons (Fsp3) is 0.200. The van der Waals surface area contributed by atoms with Crippen LogP contribution in [0.25, 0.3) is 11.5 Å². The molecule has 0 saturated carbocycles. The van der Waals surface area contributed by atoms with Crippen molar-refractivity contribution < 1.29 is 22.4 Å². The Morgan fingerprint density at radius 2 is 1.67 bits per heavy atom. The van der Waals surface area contributed by atoms with Gasteiger partial charge in [0.25, 0.3) is 0 Å². The summed E-state index contributed by atoms with van der Waals surface area (Å²) in [5.74, 6) is -0.0595. The van der Waals surface area contributed by atoms with E-state index in [0.29, 0.717) is 17.3 Å². The largest absolute Gasteiger partial charge is 0.441 e. The van der Waals surface area contributed by atoms with E-state index >= 15 is 0 Å². The summed E-state index contributed by atoms with van der Waals surface area (Å²) >= 11 is 0. The molecular weight excluding hydrogens is 357 g/mol. The lowest BCUT2D eigenvalue weighted by Gasteiger charge is -2.21. The molecule has 0 fully saturated rings. The molecule has 0 aliphatic rings. The molecule has 2 aromatic carbocycles. The molecule has 0 bridgehead atoms. The van der Waals surface area contributed by atoms with Crippen LogP contribution in [-0.2, 0) is 11.2 Å². The molecule has 1 aromatic heterocycles. The average Bonchev–Trinajstić information content (AvgIpc) is 3.01. The zero-order valence-corrected chi connectivity index (χ0v) is 14.5. The highest BCUT2D eigenvalue weighted by Crippen LogP contribution is 2.32. The van der Waals surface area contributed by atoms with Crippen molar-refractivity contribution in [2.24, 2.45) is 0 Å². The SMILES string of the molecule is Cc1oc(-c2ccccc2)nc1CC(=O)NC(c1ccccc1)C(F)(F)F.